The number of aromatic nitrogens is 2. The number of amides is 1. The second-order valence-corrected chi connectivity index (χ2v) is 7.52. The molecule has 2 aromatic carbocycles. The number of carbonyl (C=O) groups excluding carboxylic acids is 1. The van der Waals surface area contributed by atoms with Gasteiger partial charge < -0.3 is 14.6 Å². The minimum absolute atomic E-state index is 0.0545. The van der Waals surface area contributed by atoms with Gasteiger partial charge in [-0.05, 0) is 53.1 Å². The molecule has 0 bridgehead atoms. The third kappa shape index (κ3) is 6.26. The monoisotopic (exact) mass is 455 g/mol. The van der Waals surface area contributed by atoms with Gasteiger partial charge in [-0.3, -0.25) is 14.6 Å². The van der Waals surface area contributed by atoms with E-state index in [1.54, 1.807) is 41.2 Å². The Morgan fingerprint density at radius 3 is 2.59 bits per heavy atom. The zero-order chi connectivity index (χ0) is 23.8. The fourth-order valence-electron chi connectivity index (χ4n) is 3.21. The first kappa shape index (κ1) is 22.7. The number of hydrogen-bond donors (Lipinski definition) is 1. The highest BCUT2D eigenvalue weighted by Gasteiger charge is 2.06. The van der Waals surface area contributed by atoms with Crippen LogP contribution in [0.4, 0.5) is 4.39 Å². The van der Waals surface area contributed by atoms with Crippen molar-refractivity contribution >= 4 is 12.0 Å². The highest BCUT2D eigenvalue weighted by molar-refractivity contribution is 5.91. The van der Waals surface area contributed by atoms with Crippen LogP contribution in [-0.4, -0.2) is 15.5 Å². The molecule has 1 amide bonds. The number of pyridine rings is 2. The lowest BCUT2D eigenvalue weighted by molar-refractivity contribution is -0.116. The van der Waals surface area contributed by atoms with Crippen LogP contribution in [0, 0.1) is 5.82 Å². The number of nitrogens with zero attached hydrogens (tertiary/aromatic N) is 2. The Bertz CT molecular complexity index is 1350. The molecule has 0 aliphatic heterocycles. The summed E-state index contributed by atoms with van der Waals surface area (Å²) in [6, 6.07) is 20.6. The van der Waals surface area contributed by atoms with E-state index in [-0.39, 0.29) is 17.2 Å². The second kappa shape index (κ2) is 10.9. The Labute approximate surface area is 196 Å². The van der Waals surface area contributed by atoms with E-state index in [4.69, 9.17) is 4.74 Å². The molecular formula is C27H22FN3O3. The fraction of sp³-hybridized carbons (Fsp3) is 0.0741. The lowest BCUT2D eigenvalue weighted by Gasteiger charge is -2.07. The van der Waals surface area contributed by atoms with Crippen molar-refractivity contribution in [2.75, 3.05) is 0 Å². The first-order valence-electron chi connectivity index (χ1n) is 10.6. The Morgan fingerprint density at radius 2 is 1.85 bits per heavy atom. The van der Waals surface area contributed by atoms with Crippen LogP contribution in [0.2, 0.25) is 0 Å². The van der Waals surface area contributed by atoms with Crippen molar-refractivity contribution in [2.45, 2.75) is 13.1 Å². The maximum absolute atomic E-state index is 14.3. The van der Waals surface area contributed by atoms with E-state index >= 15 is 0 Å². The third-order valence-electron chi connectivity index (χ3n) is 4.99. The topological polar surface area (TPSA) is 73.2 Å². The van der Waals surface area contributed by atoms with Crippen LogP contribution in [-0.2, 0) is 17.9 Å². The molecule has 0 fully saturated rings. The van der Waals surface area contributed by atoms with E-state index in [1.165, 1.54) is 36.5 Å². The van der Waals surface area contributed by atoms with Gasteiger partial charge in [-0.2, -0.15) is 0 Å². The van der Waals surface area contributed by atoms with E-state index in [2.05, 4.69) is 10.3 Å². The molecule has 0 spiro atoms. The molecule has 0 aliphatic rings. The molecule has 4 rings (SSSR count). The van der Waals surface area contributed by atoms with E-state index in [9.17, 15) is 14.0 Å². The molecule has 0 radical (unpaired) electrons. The van der Waals surface area contributed by atoms with Gasteiger partial charge in [0.05, 0.1) is 12.7 Å². The van der Waals surface area contributed by atoms with Crippen LogP contribution in [0.3, 0.4) is 0 Å². The Balaban J connectivity index is 1.29. The van der Waals surface area contributed by atoms with Crippen molar-refractivity contribution in [1.82, 2.24) is 14.9 Å². The van der Waals surface area contributed by atoms with Gasteiger partial charge in [-0.25, -0.2) is 4.39 Å². The molecule has 4 aromatic rings. The van der Waals surface area contributed by atoms with Crippen LogP contribution in [0.15, 0.2) is 102 Å². The summed E-state index contributed by atoms with van der Waals surface area (Å²) in [5.41, 5.74) is 2.39. The van der Waals surface area contributed by atoms with Gasteiger partial charge in [0.1, 0.15) is 5.75 Å². The second-order valence-electron chi connectivity index (χ2n) is 7.52. The van der Waals surface area contributed by atoms with Gasteiger partial charge in [0.2, 0.25) is 5.91 Å². The summed E-state index contributed by atoms with van der Waals surface area (Å²) in [6.07, 6.45) is 7.73. The lowest BCUT2D eigenvalue weighted by Crippen LogP contribution is -2.20. The molecular weight excluding hydrogens is 433 g/mol. The number of hydrogen-bond acceptors (Lipinski definition) is 4. The van der Waals surface area contributed by atoms with Crippen molar-refractivity contribution in [3.05, 3.63) is 130 Å². The van der Waals surface area contributed by atoms with Gasteiger partial charge in [0.15, 0.2) is 11.6 Å². The molecule has 0 unspecified atom stereocenters. The van der Waals surface area contributed by atoms with Crippen molar-refractivity contribution in [3.63, 3.8) is 0 Å². The van der Waals surface area contributed by atoms with Gasteiger partial charge in [0.25, 0.3) is 5.56 Å². The third-order valence-corrected chi connectivity index (χ3v) is 4.99. The first-order chi connectivity index (χ1) is 16.6. The molecule has 34 heavy (non-hydrogen) atoms. The van der Waals surface area contributed by atoms with Crippen LogP contribution < -0.4 is 15.6 Å². The number of halogens is 1. The van der Waals surface area contributed by atoms with Crippen molar-refractivity contribution in [2.24, 2.45) is 0 Å². The average molecular weight is 455 g/mol. The summed E-state index contributed by atoms with van der Waals surface area (Å²) in [4.78, 5) is 27.9. The number of carbonyl (C=O) groups is 1. The molecule has 170 valence electrons. The summed E-state index contributed by atoms with van der Waals surface area (Å²) in [5.74, 6) is -0.318. The predicted octanol–water partition coefficient (Wildman–Crippen LogP) is 4.55. The minimum Gasteiger partial charge on any atom is -0.453 e. The fourth-order valence-corrected chi connectivity index (χ4v) is 3.21. The quantitative estimate of drug-likeness (QED) is 0.396. The molecule has 0 saturated carbocycles. The summed E-state index contributed by atoms with van der Waals surface area (Å²) >= 11 is 0. The van der Waals surface area contributed by atoms with E-state index < -0.39 is 5.82 Å². The zero-order valence-corrected chi connectivity index (χ0v) is 18.2. The molecule has 2 aromatic heterocycles. The van der Waals surface area contributed by atoms with Gasteiger partial charge in [-0.1, -0.05) is 36.4 Å². The molecule has 2 heterocycles. The summed E-state index contributed by atoms with van der Waals surface area (Å²) in [5, 5.41) is 2.80. The Kier molecular flexibility index (Phi) is 7.25. The van der Waals surface area contributed by atoms with Gasteiger partial charge in [0, 0.05) is 31.1 Å². The standard InChI is InChI=1S/C27H22FN3O3/c28-24-16-20(10-12-25(24)34-23-4-3-14-29-18-23)11-13-26(32)30-17-21-6-8-22(9-7-21)19-31-15-2-1-5-27(31)33/h1-16,18H,17,19H2,(H,30,32)/b13-11+. The maximum Gasteiger partial charge on any atom is 0.250 e. The summed E-state index contributed by atoms with van der Waals surface area (Å²) in [6.45, 7) is 0.832. The van der Waals surface area contributed by atoms with E-state index in [0.29, 0.717) is 24.4 Å². The average Bonchev–Trinajstić information content (AvgIpc) is 2.86. The molecule has 1 N–H and O–H groups in total. The highest BCUT2D eigenvalue weighted by atomic mass is 19.1. The Hall–Kier alpha value is -4.52. The highest BCUT2D eigenvalue weighted by Crippen LogP contribution is 2.24. The molecule has 0 atom stereocenters. The smallest absolute Gasteiger partial charge is 0.250 e. The maximum atomic E-state index is 14.3. The molecule has 0 saturated heterocycles. The van der Waals surface area contributed by atoms with Crippen LogP contribution in [0.5, 0.6) is 11.5 Å². The van der Waals surface area contributed by atoms with Crippen molar-refractivity contribution in [1.29, 1.82) is 0 Å². The van der Waals surface area contributed by atoms with Gasteiger partial charge >= 0.3 is 0 Å². The zero-order valence-electron chi connectivity index (χ0n) is 18.2. The predicted molar refractivity (Wildman–Crippen MR) is 128 cm³/mol. The normalized spacial score (nSPS) is 10.9. The van der Waals surface area contributed by atoms with E-state index in [0.717, 1.165) is 11.1 Å². The van der Waals surface area contributed by atoms with Crippen LogP contribution in [0.1, 0.15) is 16.7 Å². The minimum atomic E-state index is -0.538. The molecule has 0 aliphatic carbocycles. The van der Waals surface area contributed by atoms with Crippen LogP contribution >= 0.6 is 0 Å². The SMILES string of the molecule is O=C(/C=C/c1ccc(Oc2cccnc2)c(F)c1)NCc1ccc(Cn2ccccc2=O)cc1. The van der Waals surface area contributed by atoms with Crippen molar-refractivity contribution < 1.29 is 13.9 Å². The number of nitrogens with one attached hydrogen (secondary N) is 1. The number of ether oxygens (including phenoxy) is 1. The number of rotatable bonds is 8. The Morgan fingerprint density at radius 1 is 1.03 bits per heavy atom. The number of benzene rings is 2. The van der Waals surface area contributed by atoms with Gasteiger partial charge in [-0.15, -0.1) is 0 Å². The summed E-state index contributed by atoms with van der Waals surface area (Å²) < 4.78 is 21.4. The lowest BCUT2D eigenvalue weighted by atomic mass is 10.1. The summed E-state index contributed by atoms with van der Waals surface area (Å²) in [7, 11) is 0. The van der Waals surface area contributed by atoms with Crippen molar-refractivity contribution in [3.8, 4) is 11.5 Å². The molecule has 6 nitrogen and oxygen atoms in total. The largest absolute Gasteiger partial charge is 0.453 e. The van der Waals surface area contributed by atoms with E-state index in [1.807, 2.05) is 30.3 Å². The molecule has 7 heteroatoms. The first-order valence-corrected chi connectivity index (χ1v) is 10.6. The van der Waals surface area contributed by atoms with Crippen LogP contribution in [0.25, 0.3) is 6.08 Å².